The molecule has 0 spiro atoms. The van der Waals surface area contributed by atoms with Gasteiger partial charge in [0.2, 0.25) is 5.91 Å². The lowest BCUT2D eigenvalue weighted by Gasteiger charge is -2.12. The molecule has 1 heterocycles. The Morgan fingerprint density at radius 2 is 1.96 bits per heavy atom. The fourth-order valence-corrected chi connectivity index (χ4v) is 3.60. The van der Waals surface area contributed by atoms with Crippen LogP contribution in [0.2, 0.25) is 10.0 Å². The number of carbonyl (C=O) groups is 3. The van der Waals surface area contributed by atoms with Gasteiger partial charge in [0.15, 0.2) is 0 Å². The Balaban J connectivity index is 1.72. The molecule has 27 heavy (non-hydrogen) atoms. The Morgan fingerprint density at radius 1 is 1.19 bits per heavy atom. The number of hydrogen-bond acceptors (Lipinski definition) is 4. The standard InChI is InChI=1S/C18H11Cl2FN2O3S/c19-11-5-4-10(14(20)7-11)6-15-17(25)23(18(26)27-15)9-16(24)22-13-3-1-2-12(21)8-13/h1-8H,9H2,(H,22,24)/b15-6+. The van der Waals surface area contributed by atoms with Crippen LogP contribution in [0, 0.1) is 5.82 Å². The van der Waals surface area contributed by atoms with E-state index >= 15 is 0 Å². The molecule has 9 heteroatoms. The second kappa shape index (κ2) is 8.12. The molecule has 0 aliphatic carbocycles. The van der Waals surface area contributed by atoms with Crippen LogP contribution in [0.25, 0.3) is 6.08 Å². The lowest BCUT2D eigenvalue weighted by atomic mass is 10.2. The number of nitrogens with zero attached hydrogens (tertiary/aromatic N) is 1. The van der Waals surface area contributed by atoms with E-state index in [2.05, 4.69) is 5.32 Å². The summed E-state index contributed by atoms with van der Waals surface area (Å²) in [5.74, 6) is -1.74. The van der Waals surface area contributed by atoms with Gasteiger partial charge in [-0.3, -0.25) is 19.3 Å². The van der Waals surface area contributed by atoms with Crippen molar-refractivity contribution in [3.8, 4) is 0 Å². The van der Waals surface area contributed by atoms with Gasteiger partial charge >= 0.3 is 0 Å². The SMILES string of the molecule is O=C(CN1C(=O)S/C(=C/c2ccc(Cl)cc2Cl)C1=O)Nc1cccc(F)c1. The maximum absolute atomic E-state index is 13.2. The lowest BCUT2D eigenvalue weighted by Crippen LogP contribution is -2.36. The number of carbonyl (C=O) groups excluding carboxylic acids is 3. The van der Waals surface area contributed by atoms with Crippen molar-refractivity contribution in [2.75, 3.05) is 11.9 Å². The Kier molecular flexibility index (Phi) is 5.84. The van der Waals surface area contributed by atoms with Crippen molar-refractivity contribution in [3.63, 3.8) is 0 Å². The molecule has 1 aliphatic rings. The highest BCUT2D eigenvalue weighted by atomic mass is 35.5. The smallest absolute Gasteiger partial charge is 0.294 e. The molecule has 1 saturated heterocycles. The normalized spacial score (nSPS) is 15.5. The topological polar surface area (TPSA) is 66.5 Å². The molecular weight excluding hydrogens is 414 g/mol. The average Bonchev–Trinajstić information content (AvgIpc) is 2.85. The fraction of sp³-hybridized carbons (Fsp3) is 0.0556. The second-order valence-electron chi connectivity index (χ2n) is 5.49. The van der Waals surface area contributed by atoms with Gasteiger partial charge in [0, 0.05) is 15.7 Å². The van der Waals surface area contributed by atoms with E-state index < -0.39 is 29.4 Å². The van der Waals surface area contributed by atoms with E-state index in [4.69, 9.17) is 23.2 Å². The largest absolute Gasteiger partial charge is 0.324 e. The minimum Gasteiger partial charge on any atom is -0.324 e. The second-order valence-corrected chi connectivity index (χ2v) is 7.33. The molecule has 1 fully saturated rings. The number of hydrogen-bond donors (Lipinski definition) is 1. The van der Waals surface area contributed by atoms with E-state index in [1.54, 1.807) is 12.1 Å². The Bertz CT molecular complexity index is 981. The summed E-state index contributed by atoms with van der Waals surface area (Å²) >= 11 is 12.6. The molecule has 0 aromatic heterocycles. The first kappa shape index (κ1) is 19.4. The third-order valence-electron chi connectivity index (χ3n) is 3.53. The lowest BCUT2D eigenvalue weighted by molar-refractivity contribution is -0.127. The van der Waals surface area contributed by atoms with Crippen LogP contribution in [0.3, 0.4) is 0 Å². The van der Waals surface area contributed by atoms with Crippen molar-refractivity contribution in [1.29, 1.82) is 0 Å². The molecule has 0 atom stereocenters. The number of rotatable bonds is 4. The number of nitrogens with one attached hydrogen (secondary N) is 1. The number of anilines is 1. The summed E-state index contributed by atoms with van der Waals surface area (Å²) in [5.41, 5.74) is 0.756. The predicted octanol–water partition coefficient (Wildman–Crippen LogP) is 4.81. The molecule has 0 bridgehead atoms. The summed E-state index contributed by atoms with van der Waals surface area (Å²) < 4.78 is 13.2. The van der Waals surface area contributed by atoms with E-state index in [0.717, 1.165) is 11.0 Å². The summed E-state index contributed by atoms with van der Waals surface area (Å²) in [4.78, 5) is 37.6. The minimum absolute atomic E-state index is 0.141. The summed E-state index contributed by atoms with van der Waals surface area (Å²) in [7, 11) is 0. The molecule has 0 unspecified atom stereocenters. The van der Waals surface area contributed by atoms with Gasteiger partial charge in [-0.2, -0.15) is 0 Å². The van der Waals surface area contributed by atoms with Crippen LogP contribution >= 0.6 is 35.0 Å². The quantitative estimate of drug-likeness (QED) is 0.715. The van der Waals surface area contributed by atoms with Crippen molar-refractivity contribution >= 4 is 63.8 Å². The number of imide groups is 1. The van der Waals surface area contributed by atoms with E-state index in [1.165, 1.54) is 30.3 Å². The first-order valence-corrected chi connectivity index (χ1v) is 9.16. The molecule has 3 amide bonds. The van der Waals surface area contributed by atoms with Crippen LogP contribution in [-0.4, -0.2) is 28.5 Å². The van der Waals surface area contributed by atoms with Crippen LogP contribution < -0.4 is 5.32 Å². The zero-order valence-electron chi connectivity index (χ0n) is 13.5. The van der Waals surface area contributed by atoms with Crippen molar-refractivity contribution in [3.05, 3.63) is 68.8 Å². The minimum atomic E-state index is -0.617. The van der Waals surface area contributed by atoms with Crippen molar-refractivity contribution < 1.29 is 18.8 Å². The third kappa shape index (κ3) is 4.68. The molecular formula is C18H11Cl2FN2O3S. The molecule has 0 saturated carbocycles. The van der Waals surface area contributed by atoms with Crippen LogP contribution in [0.4, 0.5) is 14.9 Å². The predicted molar refractivity (Wildman–Crippen MR) is 104 cm³/mol. The highest BCUT2D eigenvalue weighted by Crippen LogP contribution is 2.33. The Labute approximate surface area is 168 Å². The van der Waals surface area contributed by atoms with Crippen molar-refractivity contribution in [1.82, 2.24) is 4.90 Å². The first-order valence-electron chi connectivity index (χ1n) is 7.59. The highest BCUT2D eigenvalue weighted by Gasteiger charge is 2.36. The van der Waals surface area contributed by atoms with E-state index in [-0.39, 0.29) is 10.6 Å². The summed E-state index contributed by atoms with van der Waals surface area (Å²) in [6.07, 6.45) is 1.47. The Morgan fingerprint density at radius 3 is 2.67 bits per heavy atom. The maximum atomic E-state index is 13.2. The zero-order valence-corrected chi connectivity index (χ0v) is 15.9. The molecule has 2 aromatic carbocycles. The fourth-order valence-electron chi connectivity index (χ4n) is 2.31. The molecule has 5 nitrogen and oxygen atoms in total. The van der Waals surface area contributed by atoms with Gasteiger partial charge in [-0.25, -0.2) is 4.39 Å². The van der Waals surface area contributed by atoms with E-state index in [1.807, 2.05) is 0 Å². The monoisotopic (exact) mass is 424 g/mol. The summed E-state index contributed by atoms with van der Waals surface area (Å²) in [5, 5.41) is 2.64. The van der Waals surface area contributed by atoms with Gasteiger partial charge in [0.05, 0.1) is 4.91 Å². The molecule has 138 valence electrons. The van der Waals surface area contributed by atoms with Gasteiger partial charge in [-0.1, -0.05) is 35.3 Å². The van der Waals surface area contributed by atoms with Crippen molar-refractivity contribution in [2.45, 2.75) is 0 Å². The number of halogens is 3. The van der Waals surface area contributed by atoms with Crippen molar-refractivity contribution in [2.24, 2.45) is 0 Å². The van der Waals surface area contributed by atoms with E-state index in [0.29, 0.717) is 27.4 Å². The number of amides is 3. The zero-order chi connectivity index (χ0) is 19.6. The molecule has 1 N–H and O–H groups in total. The molecule has 0 radical (unpaired) electrons. The van der Waals surface area contributed by atoms with Gasteiger partial charge < -0.3 is 5.32 Å². The van der Waals surface area contributed by atoms with Crippen LogP contribution in [0.15, 0.2) is 47.4 Å². The van der Waals surface area contributed by atoms with Crippen LogP contribution in [0.5, 0.6) is 0 Å². The summed E-state index contributed by atoms with van der Waals surface area (Å²) in [6.45, 7) is -0.479. The van der Waals surface area contributed by atoms with E-state index in [9.17, 15) is 18.8 Å². The van der Waals surface area contributed by atoms with Crippen LogP contribution in [-0.2, 0) is 9.59 Å². The Hall–Kier alpha value is -2.35. The van der Waals surface area contributed by atoms with Gasteiger partial charge in [0.25, 0.3) is 11.1 Å². The van der Waals surface area contributed by atoms with Gasteiger partial charge in [-0.05, 0) is 53.7 Å². The summed E-state index contributed by atoms with van der Waals surface area (Å²) in [6, 6.07) is 10.0. The third-order valence-corrected chi connectivity index (χ3v) is 5.00. The van der Waals surface area contributed by atoms with Gasteiger partial charge in [-0.15, -0.1) is 0 Å². The number of thioether (sulfide) groups is 1. The van der Waals surface area contributed by atoms with Crippen LogP contribution in [0.1, 0.15) is 5.56 Å². The maximum Gasteiger partial charge on any atom is 0.294 e. The first-order chi connectivity index (χ1) is 12.8. The molecule has 1 aliphatic heterocycles. The van der Waals surface area contributed by atoms with Gasteiger partial charge in [0.1, 0.15) is 12.4 Å². The highest BCUT2D eigenvalue weighted by molar-refractivity contribution is 8.18. The molecule has 3 rings (SSSR count). The number of benzene rings is 2. The average molecular weight is 425 g/mol. The molecule has 2 aromatic rings.